The van der Waals surface area contributed by atoms with Crippen molar-refractivity contribution in [3.8, 4) is 0 Å². The molecule has 0 amide bonds. The van der Waals surface area contributed by atoms with E-state index in [1.165, 1.54) is 41.4 Å². The summed E-state index contributed by atoms with van der Waals surface area (Å²) in [5.41, 5.74) is 4.68. The number of nitrogens with zero attached hydrogens (tertiary/aromatic N) is 1. The lowest BCUT2D eigenvalue weighted by molar-refractivity contribution is 0.227. The second kappa shape index (κ2) is 4.80. The molecule has 106 valence electrons. The monoisotopic (exact) mass is 267 g/mol. The van der Waals surface area contributed by atoms with Crippen LogP contribution in [0.4, 0.5) is 0 Å². The first-order chi connectivity index (χ1) is 9.47. The number of aryl methyl sites for hydroxylation is 1. The predicted molar refractivity (Wildman–Crippen MR) is 87.7 cm³/mol. The average Bonchev–Trinajstić information content (AvgIpc) is 2.76. The van der Waals surface area contributed by atoms with Gasteiger partial charge in [0.05, 0.1) is 0 Å². The molecule has 1 aromatic heterocycles. The van der Waals surface area contributed by atoms with E-state index >= 15 is 0 Å². The molecule has 1 aromatic carbocycles. The molecule has 2 aromatic rings. The summed E-state index contributed by atoms with van der Waals surface area (Å²) in [6.07, 6.45) is 6.22. The first kappa shape index (κ1) is 13.5. The van der Waals surface area contributed by atoms with Gasteiger partial charge in [-0.2, -0.15) is 0 Å². The summed E-state index contributed by atoms with van der Waals surface area (Å²) in [6.45, 7) is 7.13. The molecule has 0 saturated heterocycles. The molecule has 0 aliphatic heterocycles. The number of hydrogen-bond acceptors (Lipinski definition) is 0. The van der Waals surface area contributed by atoms with Gasteiger partial charge < -0.3 is 4.57 Å². The molecular formula is C19H25N. The maximum Gasteiger partial charge on any atom is 0.0482 e. The highest BCUT2D eigenvalue weighted by molar-refractivity contribution is 5.85. The third kappa shape index (κ3) is 2.30. The van der Waals surface area contributed by atoms with Crippen molar-refractivity contribution in [3.63, 3.8) is 0 Å². The summed E-state index contributed by atoms with van der Waals surface area (Å²) in [7, 11) is 2.19. The number of fused-ring (bicyclic) bond motifs is 1. The maximum atomic E-state index is 2.45. The van der Waals surface area contributed by atoms with Crippen LogP contribution in [0, 0.1) is 11.3 Å². The van der Waals surface area contributed by atoms with E-state index in [1.807, 2.05) is 0 Å². The Hall–Kier alpha value is -1.50. The molecule has 0 spiro atoms. The van der Waals surface area contributed by atoms with E-state index in [0.717, 1.165) is 5.92 Å². The summed E-state index contributed by atoms with van der Waals surface area (Å²) in [4.78, 5) is 0. The predicted octanol–water partition coefficient (Wildman–Crippen LogP) is 5.41. The molecule has 0 fully saturated rings. The molecule has 1 unspecified atom stereocenters. The Morgan fingerprint density at radius 2 is 1.90 bits per heavy atom. The van der Waals surface area contributed by atoms with Crippen LogP contribution in [0.3, 0.4) is 0 Å². The number of para-hydroxylation sites is 1. The highest BCUT2D eigenvalue weighted by atomic mass is 14.9. The average molecular weight is 267 g/mol. The number of aromatic nitrogens is 1. The lowest BCUT2D eigenvalue weighted by Gasteiger charge is -2.34. The number of allylic oxidation sites excluding steroid dienone is 2. The van der Waals surface area contributed by atoms with E-state index in [1.54, 1.807) is 0 Å². The first-order valence-corrected chi connectivity index (χ1v) is 7.70. The first-order valence-electron chi connectivity index (χ1n) is 7.70. The summed E-state index contributed by atoms with van der Waals surface area (Å²) in [5.74, 6) is 0.792. The third-order valence-corrected chi connectivity index (χ3v) is 4.88. The van der Waals surface area contributed by atoms with Gasteiger partial charge in [-0.1, -0.05) is 45.0 Å². The van der Waals surface area contributed by atoms with Gasteiger partial charge in [0.25, 0.3) is 0 Å². The standard InChI is InChI=1S/C19H25N/c1-19(2,3)16-10-7-9-14(12-16)18-13-15-8-5-6-11-17(15)20(18)4/h5-6,8-9,11,13,16H,7,10,12H2,1-4H3. The normalized spacial score (nSPS) is 20.2. The smallest absolute Gasteiger partial charge is 0.0482 e. The van der Waals surface area contributed by atoms with Crippen molar-refractivity contribution in [1.29, 1.82) is 0 Å². The van der Waals surface area contributed by atoms with Crippen LogP contribution in [0.25, 0.3) is 16.5 Å². The minimum Gasteiger partial charge on any atom is -0.344 e. The van der Waals surface area contributed by atoms with Gasteiger partial charge in [0, 0.05) is 23.6 Å². The highest BCUT2D eigenvalue weighted by Crippen LogP contribution is 2.41. The second-order valence-corrected chi connectivity index (χ2v) is 7.22. The van der Waals surface area contributed by atoms with Gasteiger partial charge in [-0.05, 0) is 48.3 Å². The minimum absolute atomic E-state index is 0.407. The van der Waals surface area contributed by atoms with Gasteiger partial charge in [0.15, 0.2) is 0 Å². The van der Waals surface area contributed by atoms with E-state index in [2.05, 4.69) is 68.8 Å². The SMILES string of the molecule is Cn1c(C2=CCCC(C(C)(C)C)C2)cc2ccccc21. The van der Waals surface area contributed by atoms with Crippen LogP contribution in [0.15, 0.2) is 36.4 Å². The quantitative estimate of drug-likeness (QED) is 0.651. The van der Waals surface area contributed by atoms with Gasteiger partial charge >= 0.3 is 0 Å². The van der Waals surface area contributed by atoms with Gasteiger partial charge in [-0.3, -0.25) is 0 Å². The lowest BCUT2D eigenvalue weighted by Crippen LogP contribution is -2.22. The van der Waals surface area contributed by atoms with Gasteiger partial charge in [0.1, 0.15) is 0 Å². The summed E-state index contributed by atoms with van der Waals surface area (Å²) in [6, 6.07) is 11.0. The molecule has 3 rings (SSSR count). The fourth-order valence-electron chi connectivity index (χ4n) is 3.45. The molecule has 1 heteroatoms. The fraction of sp³-hybridized carbons (Fsp3) is 0.474. The second-order valence-electron chi connectivity index (χ2n) is 7.22. The van der Waals surface area contributed by atoms with Crippen LogP contribution in [0.5, 0.6) is 0 Å². The van der Waals surface area contributed by atoms with Crippen molar-refractivity contribution >= 4 is 16.5 Å². The molecule has 1 atom stereocenters. The third-order valence-electron chi connectivity index (χ3n) is 4.88. The van der Waals surface area contributed by atoms with Crippen molar-refractivity contribution in [2.75, 3.05) is 0 Å². The van der Waals surface area contributed by atoms with Crippen LogP contribution in [0.2, 0.25) is 0 Å². The van der Waals surface area contributed by atoms with Crippen LogP contribution < -0.4 is 0 Å². The zero-order chi connectivity index (χ0) is 14.3. The number of benzene rings is 1. The van der Waals surface area contributed by atoms with Crippen LogP contribution in [0.1, 0.15) is 45.7 Å². The Kier molecular flexibility index (Phi) is 3.24. The molecule has 0 saturated carbocycles. The Balaban J connectivity index is 1.99. The molecule has 1 heterocycles. The zero-order valence-corrected chi connectivity index (χ0v) is 13.1. The summed E-state index contributed by atoms with van der Waals surface area (Å²) < 4.78 is 2.35. The fourth-order valence-corrected chi connectivity index (χ4v) is 3.45. The van der Waals surface area contributed by atoms with Gasteiger partial charge in [-0.25, -0.2) is 0 Å². The van der Waals surface area contributed by atoms with E-state index < -0.39 is 0 Å². The molecule has 0 bridgehead atoms. The van der Waals surface area contributed by atoms with Crippen LogP contribution in [-0.4, -0.2) is 4.57 Å². The highest BCUT2D eigenvalue weighted by Gasteiger charge is 2.28. The van der Waals surface area contributed by atoms with Crippen LogP contribution in [-0.2, 0) is 7.05 Å². The molecular weight excluding hydrogens is 242 g/mol. The topological polar surface area (TPSA) is 4.93 Å². The molecule has 0 N–H and O–H groups in total. The Bertz CT molecular complexity index is 652. The zero-order valence-electron chi connectivity index (χ0n) is 13.1. The van der Waals surface area contributed by atoms with Crippen molar-refractivity contribution < 1.29 is 0 Å². The van der Waals surface area contributed by atoms with E-state index in [-0.39, 0.29) is 0 Å². The van der Waals surface area contributed by atoms with Gasteiger partial charge in [0.2, 0.25) is 0 Å². The van der Waals surface area contributed by atoms with E-state index in [4.69, 9.17) is 0 Å². The maximum absolute atomic E-state index is 2.45. The van der Waals surface area contributed by atoms with Crippen molar-refractivity contribution in [2.45, 2.75) is 40.0 Å². The van der Waals surface area contributed by atoms with Crippen molar-refractivity contribution in [2.24, 2.45) is 18.4 Å². The summed E-state index contributed by atoms with van der Waals surface area (Å²) >= 11 is 0. The largest absolute Gasteiger partial charge is 0.344 e. The molecule has 1 aliphatic rings. The molecule has 1 aliphatic carbocycles. The molecule has 1 nitrogen and oxygen atoms in total. The number of rotatable bonds is 1. The van der Waals surface area contributed by atoms with Crippen molar-refractivity contribution in [1.82, 2.24) is 4.57 Å². The van der Waals surface area contributed by atoms with E-state index in [9.17, 15) is 0 Å². The Morgan fingerprint density at radius 3 is 2.60 bits per heavy atom. The number of hydrogen-bond donors (Lipinski definition) is 0. The van der Waals surface area contributed by atoms with Crippen molar-refractivity contribution in [3.05, 3.63) is 42.1 Å². The minimum atomic E-state index is 0.407. The molecule has 20 heavy (non-hydrogen) atoms. The van der Waals surface area contributed by atoms with Crippen LogP contribution >= 0.6 is 0 Å². The summed E-state index contributed by atoms with van der Waals surface area (Å²) in [5, 5.41) is 1.35. The van der Waals surface area contributed by atoms with Gasteiger partial charge in [-0.15, -0.1) is 0 Å². The Morgan fingerprint density at radius 1 is 1.15 bits per heavy atom. The van der Waals surface area contributed by atoms with E-state index in [0.29, 0.717) is 5.41 Å². The Labute approximate surface area is 122 Å². The molecule has 0 radical (unpaired) electrons. The lowest BCUT2D eigenvalue weighted by atomic mass is 9.72.